The summed E-state index contributed by atoms with van der Waals surface area (Å²) in [5.74, 6) is 0.574. The number of carbonyl (C=O) groups excluding carboxylic acids is 2. The van der Waals surface area contributed by atoms with E-state index in [1.54, 1.807) is 19.2 Å². The highest BCUT2D eigenvalue weighted by Crippen LogP contribution is 2.24. The van der Waals surface area contributed by atoms with Gasteiger partial charge in [-0.05, 0) is 44.2 Å². The number of aromatic nitrogens is 2. The van der Waals surface area contributed by atoms with Gasteiger partial charge in [0.15, 0.2) is 11.5 Å². The number of nitrogens with one attached hydrogen (secondary N) is 2. The number of imidazole rings is 1. The normalized spacial score (nSPS) is 16.7. The third kappa shape index (κ3) is 4.28. The average Bonchev–Trinajstić information content (AvgIpc) is 3.15. The molecular formula is C22H28N4O3. The molecule has 4 rings (SSSR count). The van der Waals surface area contributed by atoms with E-state index < -0.39 is 0 Å². The zero-order chi connectivity index (χ0) is 20.2. The lowest BCUT2D eigenvalue weighted by molar-refractivity contribution is 0.0911. The summed E-state index contributed by atoms with van der Waals surface area (Å²) >= 11 is 0. The highest BCUT2D eigenvalue weighted by atomic mass is 16.5. The van der Waals surface area contributed by atoms with Crippen LogP contribution in [0.5, 0.6) is 5.75 Å². The molecule has 1 aromatic heterocycles. The molecule has 1 aliphatic heterocycles. The molecule has 1 aromatic carbocycles. The molecule has 0 unspecified atom stereocenters. The van der Waals surface area contributed by atoms with Crippen molar-refractivity contribution in [2.45, 2.75) is 64.0 Å². The number of methoxy groups -OCH3 is 1. The lowest BCUT2D eigenvalue weighted by Crippen LogP contribution is -2.37. The summed E-state index contributed by atoms with van der Waals surface area (Å²) in [6.07, 6.45) is 8.31. The number of nitrogens with zero attached hydrogens (tertiary/aromatic N) is 2. The average molecular weight is 396 g/mol. The molecular weight excluding hydrogens is 368 g/mol. The first-order valence-electron chi connectivity index (χ1n) is 10.5. The Balaban J connectivity index is 1.56. The van der Waals surface area contributed by atoms with Crippen LogP contribution >= 0.6 is 0 Å². The molecule has 0 atom stereocenters. The number of amides is 2. The van der Waals surface area contributed by atoms with Gasteiger partial charge in [-0.2, -0.15) is 0 Å². The molecule has 2 N–H and O–H groups in total. The largest absolute Gasteiger partial charge is 0.497 e. The van der Waals surface area contributed by atoms with Crippen LogP contribution in [0.3, 0.4) is 0 Å². The highest BCUT2D eigenvalue weighted by molar-refractivity contribution is 6.05. The van der Waals surface area contributed by atoms with E-state index in [0.717, 1.165) is 57.2 Å². The van der Waals surface area contributed by atoms with E-state index in [9.17, 15) is 9.59 Å². The Hall–Kier alpha value is -2.83. The molecule has 2 amide bonds. The van der Waals surface area contributed by atoms with Crippen molar-refractivity contribution in [1.82, 2.24) is 14.9 Å². The van der Waals surface area contributed by atoms with E-state index in [1.807, 2.05) is 16.7 Å². The van der Waals surface area contributed by atoms with Gasteiger partial charge in [0.25, 0.3) is 11.8 Å². The van der Waals surface area contributed by atoms with Crippen molar-refractivity contribution < 1.29 is 14.3 Å². The van der Waals surface area contributed by atoms with E-state index in [1.165, 1.54) is 6.42 Å². The summed E-state index contributed by atoms with van der Waals surface area (Å²) in [5, 5.41) is 6.02. The molecule has 29 heavy (non-hydrogen) atoms. The van der Waals surface area contributed by atoms with Crippen molar-refractivity contribution in [2.75, 3.05) is 12.4 Å². The molecule has 7 nitrogen and oxygen atoms in total. The molecule has 2 aliphatic rings. The van der Waals surface area contributed by atoms with E-state index in [4.69, 9.17) is 4.74 Å². The zero-order valence-electron chi connectivity index (χ0n) is 16.9. The quantitative estimate of drug-likeness (QED) is 0.809. The monoisotopic (exact) mass is 396 g/mol. The SMILES string of the molecule is COc1cccc(NC(=O)c2nc(C(=O)NC3CCCCC3)n3c2CCCC3)c1. The molecule has 0 bridgehead atoms. The van der Waals surface area contributed by atoms with Crippen LogP contribution in [0.1, 0.15) is 71.7 Å². The van der Waals surface area contributed by atoms with E-state index in [2.05, 4.69) is 15.6 Å². The van der Waals surface area contributed by atoms with Crippen LogP contribution < -0.4 is 15.4 Å². The summed E-state index contributed by atoms with van der Waals surface area (Å²) < 4.78 is 7.15. The molecule has 7 heteroatoms. The lowest BCUT2D eigenvalue weighted by atomic mass is 9.95. The minimum Gasteiger partial charge on any atom is -0.497 e. The van der Waals surface area contributed by atoms with E-state index in [-0.39, 0.29) is 17.9 Å². The molecule has 1 aliphatic carbocycles. The van der Waals surface area contributed by atoms with Crippen LogP contribution in [0.2, 0.25) is 0 Å². The van der Waals surface area contributed by atoms with Gasteiger partial charge in [0, 0.05) is 24.3 Å². The Morgan fingerprint density at radius 3 is 2.72 bits per heavy atom. The fourth-order valence-electron chi connectivity index (χ4n) is 4.29. The van der Waals surface area contributed by atoms with Crippen molar-refractivity contribution in [2.24, 2.45) is 0 Å². The van der Waals surface area contributed by atoms with Gasteiger partial charge < -0.3 is 19.9 Å². The predicted octanol–water partition coefficient (Wildman–Crippen LogP) is 3.54. The van der Waals surface area contributed by atoms with Crippen LogP contribution in [-0.2, 0) is 13.0 Å². The van der Waals surface area contributed by atoms with Crippen LogP contribution in [0.15, 0.2) is 24.3 Å². The fraction of sp³-hybridized carbons (Fsp3) is 0.500. The molecule has 2 heterocycles. The van der Waals surface area contributed by atoms with Gasteiger partial charge in [0.2, 0.25) is 0 Å². The van der Waals surface area contributed by atoms with Crippen LogP contribution in [0.4, 0.5) is 5.69 Å². The Labute approximate surface area is 170 Å². The third-order valence-corrected chi connectivity index (χ3v) is 5.80. The van der Waals surface area contributed by atoms with E-state index in [0.29, 0.717) is 23.0 Å². The number of rotatable bonds is 5. The first-order valence-corrected chi connectivity index (χ1v) is 10.5. The van der Waals surface area contributed by atoms with Gasteiger partial charge in [-0.1, -0.05) is 25.3 Å². The van der Waals surface area contributed by atoms with Crippen LogP contribution in [0.25, 0.3) is 0 Å². The molecule has 1 fully saturated rings. The summed E-state index contributed by atoms with van der Waals surface area (Å²) in [5.41, 5.74) is 1.84. The molecule has 2 aromatic rings. The van der Waals surface area contributed by atoms with Crippen molar-refractivity contribution in [3.05, 3.63) is 41.5 Å². The van der Waals surface area contributed by atoms with Gasteiger partial charge in [-0.3, -0.25) is 9.59 Å². The summed E-state index contributed by atoms with van der Waals surface area (Å²) in [6, 6.07) is 7.42. The number of benzene rings is 1. The van der Waals surface area contributed by atoms with Gasteiger partial charge >= 0.3 is 0 Å². The van der Waals surface area contributed by atoms with E-state index >= 15 is 0 Å². The second-order valence-corrected chi connectivity index (χ2v) is 7.83. The summed E-state index contributed by atoms with van der Waals surface area (Å²) in [4.78, 5) is 30.4. The Bertz CT molecular complexity index is 899. The zero-order valence-corrected chi connectivity index (χ0v) is 16.9. The maximum atomic E-state index is 13.0. The predicted molar refractivity (Wildman–Crippen MR) is 110 cm³/mol. The lowest BCUT2D eigenvalue weighted by Gasteiger charge is -2.23. The van der Waals surface area contributed by atoms with Gasteiger partial charge in [0.05, 0.1) is 12.8 Å². The van der Waals surface area contributed by atoms with Crippen LogP contribution in [0, 0.1) is 0 Å². The summed E-state index contributed by atoms with van der Waals surface area (Å²) in [7, 11) is 1.59. The Morgan fingerprint density at radius 1 is 1.10 bits per heavy atom. The minimum absolute atomic E-state index is 0.166. The molecule has 0 radical (unpaired) electrons. The van der Waals surface area contributed by atoms with Gasteiger partial charge in [-0.15, -0.1) is 0 Å². The van der Waals surface area contributed by atoms with Gasteiger partial charge in [-0.25, -0.2) is 4.98 Å². The van der Waals surface area contributed by atoms with Crippen LogP contribution in [-0.4, -0.2) is 34.5 Å². The minimum atomic E-state index is -0.291. The second-order valence-electron chi connectivity index (χ2n) is 7.83. The standard InChI is InChI=1S/C22H28N4O3/c1-29-17-11-7-10-16(14-17)24-21(27)19-18-12-5-6-13-26(18)20(25-19)22(28)23-15-8-3-2-4-9-15/h7,10-11,14-15H,2-6,8-9,12-13H2,1H3,(H,23,28)(H,24,27). The molecule has 1 saturated carbocycles. The molecule has 0 saturated heterocycles. The molecule has 154 valence electrons. The maximum Gasteiger partial charge on any atom is 0.287 e. The third-order valence-electron chi connectivity index (χ3n) is 5.80. The maximum absolute atomic E-state index is 13.0. The number of ether oxygens (including phenoxy) is 1. The highest BCUT2D eigenvalue weighted by Gasteiger charge is 2.28. The number of hydrogen-bond donors (Lipinski definition) is 2. The first-order chi connectivity index (χ1) is 14.2. The van der Waals surface area contributed by atoms with Crippen molar-refractivity contribution in [1.29, 1.82) is 0 Å². The Kier molecular flexibility index (Phi) is 5.83. The Morgan fingerprint density at radius 2 is 1.93 bits per heavy atom. The number of carbonyl (C=O) groups is 2. The number of anilines is 1. The van der Waals surface area contributed by atoms with Gasteiger partial charge in [0.1, 0.15) is 5.75 Å². The molecule has 0 spiro atoms. The second kappa shape index (κ2) is 8.68. The summed E-state index contributed by atoms with van der Waals surface area (Å²) in [6.45, 7) is 0.724. The number of fused-ring (bicyclic) bond motifs is 1. The van der Waals surface area contributed by atoms with Crippen molar-refractivity contribution in [3.8, 4) is 5.75 Å². The van der Waals surface area contributed by atoms with Crippen molar-refractivity contribution >= 4 is 17.5 Å². The first kappa shape index (κ1) is 19.5. The van der Waals surface area contributed by atoms with Crippen molar-refractivity contribution in [3.63, 3.8) is 0 Å². The number of hydrogen-bond acceptors (Lipinski definition) is 4. The topological polar surface area (TPSA) is 85.2 Å². The smallest absolute Gasteiger partial charge is 0.287 e. The fourth-order valence-corrected chi connectivity index (χ4v) is 4.29.